The van der Waals surface area contributed by atoms with Gasteiger partial charge in [-0.3, -0.25) is 0 Å². The minimum Gasteiger partial charge on any atom is -0.369 e. The number of carbonyl (C=O) groups excluding carboxylic acids is 1. The molecule has 2 bridgehead atoms. The predicted molar refractivity (Wildman–Crippen MR) is 124 cm³/mol. The molecular weight excluding hydrogens is 407 g/mol. The number of fused-ring (bicyclic) bond motifs is 2. The van der Waals surface area contributed by atoms with E-state index in [1.54, 1.807) is 0 Å². The number of nitrogens with zero attached hydrogens (tertiary/aromatic N) is 4. The van der Waals surface area contributed by atoms with Gasteiger partial charge < -0.3 is 25.2 Å². The van der Waals surface area contributed by atoms with Gasteiger partial charge in [0.15, 0.2) is 11.6 Å². The molecule has 1 saturated heterocycles. The van der Waals surface area contributed by atoms with Gasteiger partial charge in [0, 0.05) is 49.5 Å². The van der Waals surface area contributed by atoms with Gasteiger partial charge in [-0.15, -0.1) is 0 Å². The fourth-order valence-electron chi connectivity index (χ4n) is 5.70. The van der Waals surface area contributed by atoms with Crippen LogP contribution in [0.5, 0.6) is 0 Å². The topological polar surface area (TPSA) is 73.4 Å². The third-order valence-corrected chi connectivity index (χ3v) is 7.48. The molecule has 1 aromatic heterocycles. The smallest absolute Gasteiger partial charge is 0.229 e. The molecule has 7 nitrogen and oxygen atoms in total. The highest BCUT2D eigenvalue weighted by molar-refractivity contribution is 5.64. The van der Waals surface area contributed by atoms with Crippen LogP contribution in [0, 0.1) is 30.5 Å². The molecule has 8 heteroatoms. The van der Waals surface area contributed by atoms with Gasteiger partial charge in [-0.25, -0.2) is 9.37 Å². The van der Waals surface area contributed by atoms with Crippen molar-refractivity contribution in [3.05, 3.63) is 35.8 Å². The number of aromatic nitrogens is 2. The lowest BCUT2D eigenvalue weighted by Gasteiger charge is -2.35. The molecule has 1 aliphatic heterocycles. The number of likely N-dealkylation sites (N-methyl/N-ethyl adjacent to an activating group) is 1. The summed E-state index contributed by atoms with van der Waals surface area (Å²) in [6.07, 6.45) is 5.44. The normalized spacial score (nSPS) is 27.5. The molecule has 3 fully saturated rings. The van der Waals surface area contributed by atoms with Crippen molar-refractivity contribution in [3.63, 3.8) is 0 Å². The molecule has 2 aliphatic carbocycles. The first-order chi connectivity index (χ1) is 15.5. The third kappa shape index (κ3) is 4.03. The predicted octanol–water partition coefficient (Wildman–Crippen LogP) is 3.45. The first-order valence-electron chi connectivity index (χ1n) is 11.6. The van der Waals surface area contributed by atoms with E-state index in [0.29, 0.717) is 17.8 Å². The first kappa shape index (κ1) is 21.1. The number of aldehydes is 1. The summed E-state index contributed by atoms with van der Waals surface area (Å²) in [5.41, 5.74) is 3.28. The number of benzene rings is 1. The summed E-state index contributed by atoms with van der Waals surface area (Å²) in [7, 11) is 2.15. The van der Waals surface area contributed by atoms with Crippen molar-refractivity contribution in [1.29, 1.82) is 0 Å². The summed E-state index contributed by atoms with van der Waals surface area (Å²) in [4.78, 5) is 24.9. The van der Waals surface area contributed by atoms with Gasteiger partial charge in [-0.1, -0.05) is 0 Å². The maximum Gasteiger partial charge on any atom is 0.229 e. The van der Waals surface area contributed by atoms with Crippen molar-refractivity contribution in [2.45, 2.75) is 32.2 Å². The number of hydrogen-bond acceptors (Lipinski definition) is 7. The molecular formula is C24H31FN6O. The van der Waals surface area contributed by atoms with Gasteiger partial charge in [-0.05, 0) is 68.8 Å². The highest BCUT2D eigenvalue weighted by atomic mass is 19.1. The quantitative estimate of drug-likeness (QED) is 0.669. The molecule has 0 radical (unpaired) electrons. The van der Waals surface area contributed by atoms with Crippen LogP contribution >= 0.6 is 0 Å². The van der Waals surface area contributed by atoms with Gasteiger partial charge in [-0.2, -0.15) is 4.98 Å². The molecule has 0 amide bonds. The van der Waals surface area contributed by atoms with Crippen LogP contribution in [0.2, 0.25) is 0 Å². The maximum atomic E-state index is 14.5. The van der Waals surface area contributed by atoms with E-state index in [0.717, 1.165) is 57.4 Å². The van der Waals surface area contributed by atoms with E-state index < -0.39 is 5.82 Å². The molecule has 4 atom stereocenters. The molecule has 2 aromatic rings. The number of anilines is 4. The van der Waals surface area contributed by atoms with E-state index in [-0.39, 0.29) is 17.8 Å². The third-order valence-electron chi connectivity index (χ3n) is 7.48. The Kier molecular flexibility index (Phi) is 5.71. The number of hydrogen-bond donors (Lipinski definition) is 2. The number of carbonyl (C=O) groups is 1. The Morgan fingerprint density at radius 1 is 1.16 bits per heavy atom. The average Bonchev–Trinajstić information content (AvgIpc) is 3.39. The van der Waals surface area contributed by atoms with Gasteiger partial charge in [0.2, 0.25) is 5.95 Å². The van der Waals surface area contributed by atoms with Crippen LogP contribution in [-0.2, 0) is 4.79 Å². The molecule has 1 aromatic carbocycles. The van der Waals surface area contributed by atoms with E-state index in [4.69, 9.17) is 0 Å². The van der Waals surface area contributed by atoms with E-state index >= 15 is 0 Å². The molecule has 2 N–H and O–H groups in total. The summed E-state index contributed by atoms with van der Waals surface area (Å²) >= 11 is 0. The maximum absolute atomic E-state index is 14.5. The lowest BCUT2D eigenvalue weighted by atomic mass is 9.85. The largest absolute Gasteiger partial charge is 0.369 e. The Hall–Kier alpha value is -2.74. The molecule has 2 saturated carbocycles. The first-order valence-corrected chi connectivity index (χ1v) is 11.6. The summed E-state index contributed by atoms with van der Waals surface area (Å²) < 4.78 is 14.5. The van der Waals surface area contributed by atoms with Gasteiger partial charge in [0.05, 0.1) is 6.20 Å². The number of halogens is 1. The van der Waals surface area contributed by atoms with Crippen LogP contribution in [0.25, 0.3) is 0 Å². The van der Waals surface area contributed by atoms with Crippen LogP contribution < -0.4 is 15.5 Å². The van der Waals surface area contributed by atoms with E-state index in [1.165, 1.54) is 17.4 Å². The van der Waals surface area contributed by atoms with Crippen molar-refractivity contribution in [2.24, 2.45) is 17.8 Å². The zero-order valence-corrected chi connectivity index (χ0v) is 18.7. The fraction of sp³-hybridized carbons (Fsp3) is 0.542. The van der Waals surface area contributed by atoms with E-state index in [1.807, 2.05) is 6.07 Å². The van der Waals surface area contributed by atoms with E-state index in [9.17, 15) is 9.18 Å². The highest BCUT2D eigenvalue weighted by Gasteiger charge is 2.47. The molecule has 32 heavy (non-hydrogen) atoms. The summed E-state index contributed by atoms with van der Waals surface area (Å²) in [5.74, 6) is 0.767. The van der Waals surface area contributed by atoms with Crippen molar-refractivity contribution >= 4 is 29.4 Å². The Bertz CT molecular complexity index is 992. The van der Waals surface area contributed by atoms with Crippen LogP contribution in [0.15, 0.2) is 24.4 Å². The Morgan fingerprint density at radius 2 is 1.94 bits per heavy atom. The molecule has 170 valence electrons. The monoisotopic (exact) mass is 438 g/mol. The van der Waals surface area contributed by atoms with Crippen LogP contribution in [-0.4, -0.2) is 60.4 Å². The molecule has 0 spiro atoms. The highest BCUT2D eigenvalue weighted by Crippen LogP contribution is 2.48. The molecule has 5 rings (SSSR count). The summed E-state index contributed by atoms with van der Waals surface area (Å²) in [6, 6.07) is 6.16. The van der Waals surface area contributed by atoms with Crippen molar-refractivity contribution in [1.82, 2.24) is 14.9 Å². The second-order valence-corrected chi connectivity index (χ2v) is 9.52. The van der Waals surface area contributed by atoms with Crippen LogP contribution in [0.3, 0.4) is 0 Å². The fourth-order valence-corrected chi connectivity index (χ4v) is 5.70. The Balaban J connectivity index is 1.30. The summed E-state index contributed by atoms with van der Waals surface area (Å²) in [6.45, 7) is 6.26. The molecule has 0 unspecified atom stereocenters. The van der Waals surface area contributed by atoms with Crippen LogP contribution in [0.1, 0.15) is 24.8 Å². The van der Waals surface area contributed by atoms with Gasteiger partial charge in [0.25, 0.3) is 0 Å². The number of nitrogens with one attached hydrogen (secondary N) is 2. The zero-order valence-electron chi connectivity index (χ0n) is 18.7. The van der Waals surface area contributed by atoms with Crippen LogP contribution in [0.4, 0.5) is 27.5 Å². The second-order valence-electron chi connectivity index (χ2n) is 9.52. The number of rotatable bonds is 6. The zero-order chi connectivity index (χ0) is 22.2. The Morgan fingerprint density at radius 3 is 2.69 bits per heavy atom. The lowest BCUT2D eigenvalue weighted by Crippen LogP contribution is -2.44. The molecule has 3 aliphatic rings. The second kappa shape index (κ2) is 8.65. The minimum atomic E-state index is -0.496. The van der Waals surface area contributed by atoms with Crippen molar-refractivity contribution < 1.29 is 9.18 Å². The lowest BCUT2D eigenvalue weighted by molar-refractivity contribution is -0.112. The van der Waals surface area contributed by atoms with Gasteiger partial charge in [0.1, 0.15) is 6.29 Å². The number of aryl methyl sites for hydroxylation is 1. The SMILES string of the molecule is Cc1cc(Nc2ncc(F)c(N[C@@H]3[C@H]4CC[C@H](C4)[C@@H]3C=O)n2)ccc1N1CCN(C)CC1. The minimum absolute atomic E-state index is 0.0476. The van der Waals surface area contributed by atoms with Crippen molar-refractivity contribution in [3.8, 4) is 0 Å². The summed E-state index contributed by atoms with van der Waals surface area (Å²) in [5, 5.41) is 6.44. The number of piperazine rings is 1. The molecule has 2 heterocycles. The Labute approximate surface area is 188 Å². The standard InChI is InChI=1S/C24H31FN6O/c1-15-11-18(5-6-21(15)31-9-7-30(2)8-10-31)27-24-26-13-20(25)23(29-24)28-22-17-4-3-16(12-17)19(22)14-32/h5-6,11,13-14,16-17,19,22H,3-4,7-10,12H2,1-2H3,(H2,26,27,28,29)/t16-,17+,19+,22-/m1/s1. The van der Waals surface area contributed by atoms with Gasteiger partial charge >= 0.3 is 0 Å². The average molecular weight is 439 g/mol. The van der Waals surface area contributed by atoms with Crippen molar-refractivity contribution in [2.75, 3.05) is 48.8 Å². The van der Waals surface area contributed by atoms with E-state index in [2.05, 4.69) is 56.5 Å².